The summed E-state index contributed by atoms with van der Waals surface area (Å²) in [4.78, 5) is 22.6. The van der Waals surface area contributed by atoms with Crippen molar-refractivity contribution >= 4 is 57.5 Å². The largest absolute Gasteiger partial charge is 0.383 e. The number of amidine groups is 1. The molecule has 2 aliphatic rings. The molecule has 2 aromatic carbocycles. The number of likely N-dealkylation sites (N-methyl/N-ethyl adjacent to an activating group) is 1. The van der Waals surface area contributed by atoms with Crippen molar-refractivity contribution in [1.82, 2.24) is 4.90 Å². The predicted molar refractivity (Wildman–Crippen MR) is 145 cm³/mol. The number of allylic oxidation sites excluding steroid dienone is 1. The second kappa shape index (κ2) is 9.98. The Kier molecular flexibility index (Phi) is 7.22. The van der Waals surface area contributed by atoms with Crippen LogP contribution in [0.4, 0.5) is 11.4 Å². The Morgan fingerprint density at radius 1 is 1.21 bits per heavy atom. The van der Waals surface area contributed by atoms with Crippen LogP contribution >= 0.6 is 23.4 Å². The molecule has 0 aliphatic carbocycles. The van der Waals surface area contributed by atoms with Crippen LogP contribution in [0.1, 0.15) is 38.8 Å². The van der Waals surface area contributed by atoms with Crippen LogP contribution in [-0.4, -0.2) is 48.3 Å². The molecule has 0 N–H and O–H groups in total. The van der Waals surface area contributed by atoms with Gasteiger partial charge < -0.3 is 9.64 Å². The molecular weight excluding hydrogens is 466 g/mol. The highest BCUT2D eigenvalue weighted by Gasteiger charge is 2.34. The van der Waals surface area contributed by atoms with Crippen LogP contribution in [-0.2, 0) is 9.53 Å². The van der Waals surface area contributed by atoms with Crippen molar-refractivity contribution in [1.29, 1.82) is 0 Å². The summed E-state index contributed by atoms with van der Waals surface area (Å²) in [6, 6.07) is 13.8. The number of ether oxygens (including phenoxy) is 1. The van der Waals surface area contributed by atoms with Gasteiger partial charge in [0.25, 0.3) is 5.91 Å². The third kappa shape index (κ3) is 4.81. The van der Waals surface area contributed by atoms with E-state index in [0.717, 1.165) is 29.0 Å². The zero-order chi connectivity index (χ0) is 24.5. The second-order valence-electron chi connectivity index (χ2n) is 8.91. The molecule has 34 heavy (non-hydrogen) atoms. The van der Waals surface area contributed by atoms with Crippen molar-refractivity contribution in [3.8, 4) is 0 Å². The highest BCUT2D eigenvalue weighted by molar-refractivity contribution is 8.18. The van der Waals surface area contributed by atoms with E-state index in [1.54, 1.807) is 12.0 Å². The van der Waals surface area contributed by atoms with Crippen LogP contribution < -0.4 is 4.90 Å². The molecule has 4 rings (SSSR count). The minimum absolute atomic E-state index is 0.0862. The standard InChI is InChI=1S/C27H30ClN3O2S/c1-6-31-23-16-22(28)19(14-21(23)18(2)17-27(31,3)4)15-24-25(32)30(12-13-33-5)26(34-24)29-20-10-8-7-9-11-20/h7-11,14-17H,6,12-13H2,1-5H3/b24-15+,29-26?. The zero-order valence-corrected chi connectivity index (χ0v) is 21.8. The minimum atomic E-state index is -0.0888. The maximum atomic E-state index is 13.3. The van der Waals surface area contributed by atoms with Crippen molar-refractivity contribution in [2.45, 2.75) is 33.2 Å². The Hall–Kier alpha value is -2.54. The Morgan fingerprint density at radius 2 is 1.94 bits per heavy atom. The topological polar surface area (TPSA) is 45.1 Å². The number of carbonyl (C=O) groups is 1. The number of hydrogen-bond donors (Lipinski definition) is 0. The third-order valence-corrected chi connectivity index (χ3v) is 7.42. The molecule has 178 valence electrons. The van der Waals surface area contributed by atoms with Gasteiger partial charge in [-0.3, -0.25) is 9.69 Å². The summed E-state index contributed by atoms with van der Waals surface area (Å²) >= 11 is 8.13. The number of rotatable bonds is 6. The Morgan fingerprint density at radius 3 is 2.62 bits per heavy atom. The Labute approximate surface area is 211 Å². The normalized spacial score (nSPS) is 19.7. The van der Waals surface area contributed by atoms with E-state index in [1.165, 1.54) is 17.3 Å². The fraction of sp³-hybridized carbons (Fsp3) is 0.333. The maximum Gasteiger partial charge on any atom is 0.266 e. The van der Waals surface area contributed by atoms with Crippen molar-refractivity contribution < 1.29 is 9.53 Å². The van der Waals surface area contributed by atoms with E-state index in [4.69, 9.17) is 21.3 Å². The molecule has 0 atom stereocenters. The van der Waals surface area contributed by atoms with Crippen LogP contribution in [0.25, 0.3) is 11.6 Å². The quantitative estimate of drug-likeness (QED) is 0.423. The van der Waals surface area contributed by atoms with Crippen LogP contribution in [0.15, 0.2) is 58.4 Å². The lowest BCUT2D eigenvalue weighted by molar-refractivity contribution is -0.122. The number of amides is 1. The molecule has 7 heteroatoms. The summed E-state index contributed by atoms with van der Waals surface area (Å²) in [5.74, 6) is -0.0888. The molecule has 1 saturated heterocycles. The lowest BCUT2D eigenvalue weighted by Crippen LogP contribution is -2.44. The molecule has 0 unspecified atom stereocenters. The summed E-state index contributed by atoms with van der Waals surface area (Å²) < 4.78 is 5.23. The first-order valence-electron chi connectivity index (χ1n) is 11.4. The molecule has 0 saturated carbocycles. The lowest BCUT2D eigenvalue weighted by atomic mass is 9.88. The van der Waals surface area contributed by atoms with Gasteiger partial charge in [0.1, 0.15) is 0 Å². The number of carbonyl (C=O) groups excluding carboxylic acids is 1. The summed E-state index contributed by atoms with van der Waals surface area (Å²) in [7, 11) is 1.63. The molecule has 1 amide bonds. The average Bonchev–Trinajstić information content (AvgIpc) is 3.07. The first kappa shape index (κ1) is 24.6. The number of aliphatic imine (C=N–C) groups is 1. The monoisotopic (exact) mass is 495 g/mol. The number of nitrogens with zero attached hydrogens (tertiary/aromatic N) is 3. The molecule has 2 aromatic rings. The number of hydrogen-bond acceptors (Lipinski definition) is 5. The number of fused-ring (bicyclic) bond motifs is 1. The maximum absolute atomic E-state index is 13.3. The van der Waals surface area contributed by atoms with E-state index < -0.39 is 0 Å². The Balaban J connectivity index is 1.73. The average molecular weight is 496 g/mol. The lowest BCUT2D eigenvalue weighted by Gasteiger charge is -2.43. The second-order valence-corrected chi connectivity index (χ2v) is 10.3. The summed E-state index contributed by atoms with van der Waals surface area (Å²) in [6.45, 7) is 10.4. The van der Waals surface area contributed by atoms with Crippen LogP contribution in [0.3, 0.4) is 0 Å². The summed E-state index contributed by atoms with van der Waals surface area (Å²) in [5.41, 5.74) is 5.01. The third-order valence-electron chi connectivity index (χ3n) is 6.09. The first-order valence-corrected chi connectivity index (χ1v) is 12.6. The van der Waals surface area contributed by atoms with Gasteiger partial charge in [-0.1, -0.05) is 35.9 Å². The summed E-state index contributed by atoms with van der Waals surface area (Å²) in [6.07, 6.45) is 4.17. The van der Waals surface area contributed by atoms with Crippen molar-refractivity contribution in [2.24, 2.45) is 4.99 Å². The smallest absolute Gasteiger partial charge is 0.266 e. The predicted octanol–water partition coefficient (Wildman–Crippen LogP) is 6.61. The molecule has 0 aromatic heterocycles. The molecule has 1 fully saturated rings. The number of anilines is 1. The highest BCUT2D eigenvalue weighted by atomic mass is 35.5. The van der Waals surface area contributed by atoms with E-state index in [0.29, 0.717) is 28.2 Å². The number of thioether (sulfide) groups is 1. The molecule has 0 radical (unpaired) electrons. The van der Waals surface area contributed by atoms with Gasteiger partial charge >= 0.3 is 0 Å². The number of para-hydroxylation sites is 1. The van der Waals surface area contributed by atoms with Crippen molar-refractivity contribution in [2.75, 3.05) is 31.7 Å². The van der Waals surface area contributed by atoms with Crippen LogP contribution in [0, 0.1) is 0 Å². The van der Waals surface area contributed by atoms with E-state index >= 15 is 0 Å². The number of benzene rings is 2. The highest BCUT2D eigenvalue weighted by Crippen LogP contribution is 2.42. The molecule has 0 spiro atoms. The van der Waals surface area contributed by atoms with Gasteiger partial charge in [-0.25, -0.2) is 4.99 Å². The minimum Gasteiger partial charge on any atom is -0.383 e. The Bertz CT molecular complexity index is 1190. The molecule has 2 aliphatic heterocycles. The van der Waals surface area contributed by atoms with Gasteiger partial charge in [0, 0.05) is 29.9 Å². The SMILES string of the molecule is CCN1c2cc(Cl)c(/C=C3/SC(=Nc4ccccc4)N(CCOC)C3=O)cc2C(C)=CC1(C)C. The van der Waals surface area contributed by atoms with Gasteiger partial charge in [-0.15, -0.1) is 0 Å². The number of methoxy groups -OCH3 is 1. The summed E-state index contributed by atoms with van der Waals surface area (Å²) in [5, 5.41) is 1.27. The molecule has 2 heterocycles. The molecule has 0 bridgehead atoms. The zero-order valence-electron chi connectivity index (χ0n) is 20.3. The van der Waals surface area contributed by atoms with E-state index in [-0.39, 0.29) is 11.4 Å². The van der Waals surface area contributed by atoms with E-state index in [9.17, 15) is 4.79 Å². The van der Waals surface area contributed by atoms with Gasteiger partial charge in [0.15, 0.2) is 5.17 Å². The number of halogens is 1. The van der Waals surface area contributed by atoms with E-state index in [2.05, 4.69) is 44.7 Å². The van der Waals surface area contributed by atoms with E-state index in [1.807, 2.05) is 42.5 Å². The van der Waals surface area contributed by atoms with Gasteiger partial charge in [0.2, 0.25) is 0 Å². The van der Waals surface area contributed by atoms with Gasteiger partial charge in [-0.05, 0) is 80.9 Å². The first-order chi connectivity index (χ1) is 16.2. The van der Waals surface area contributed by atoms with Gasteiger partial charge in [0.05, 0.1) is 29.3 Å². The molecule has 5 nitrogen and oxygen atoms in total. The molecular formula is C27H30ClN3O2S. The van der Waals surface area contributed by atoms with Crippen molar-refractivity contribution in [3.05, 3.63) is 69.6 Å². The van der Waals surface area contributed by atoms with Crippen LogP contribution in [0.2, 0.25) is 5.02 Å². The fourth-order valence-corrected chi connectivity index (χ4v) is 5.76. The van der Waals surface area contributed by atoms with Crippen LogP contribution in [0.5, 0.6) is 0 Å². The van der Waals surface area contributed by atoms with Crippen molar-refractivity contribution in [3.63, 3.8) is 0 Å². The fourth-order valence-electron chi connectivity index (χ4n) is 4.53. The van der Waals surface area contributed by atoms with Gasteiger partial charge in [-0.2, -0.15) is 0 Å².